The van der Waals surface area contributed by atoms with Gasteiger partial charge >= 0.3 is 0 Å². The highest BCUT2D eigenvalue weighted by Crippen LogP contribution is 2.22. The first kappa shape index (κ1) is 8.75. The third kappa shape index (κ3) is 1.48. The van der Waals surface area contributed by atoms with Gasteiger partial charge in [-0.25, -0.2) is 0 Å². The number of nitrogens with zero attached hydrogens (tertiary/aromatic N) is 3. The second kappa shape index (κ2) is 2.58. The molecular weight excluding hydrogens is 162 g/mol. The van der Waals surface area contributed by atoms with E-state index in [4.69, 9.17) is 0 Å². The van der Waals surface area contributed by atoms with Crippen LogP contribution in [0.3, 0.4) is 0 Å². The molecule has 0 amide bonds. The smallest absolute Gasteiger partial charge is 0.0809 e. The van der Waals surface area contributed by atoms with E-state index < -0.39 is 0 Å². The number of hydrogen-bond acceptors (Lipinski definition) is 2. The summed E-state index contributed by atoms with van der Waals surface area (Å²) >= 11 is 0. The maximum atomic E-state index is 4.59. The quantitative estimate of drug-likeness (QED) is 0.603. The topological polar surface area (TPSA) is 21.1 Å². The molecule has 1 aliphatic rings. The van der Waals surface area contributed by atoms with Crippen molar-refractivity contribution in [3.05, 3.63) is 17.5 Å². The molecule has 3 heteroatoms. The Morgan fingerprint density at radius 2 is 2.00 bits per heavy atom. The molecule has 2 rings (SSSR count). The van der Waals surface area contributed by atoms with Crippen LogP contribution in [0, 0.1) is 0 Å². The van der Waals surface area contributed by atoms with E-state index >= 15 is 0 Å². The largest absolute Gasteiger partial charge is 0.296 e. The molecule has 0 bridgehead atoms. The Morgan fingerprint density at radius 1 is 1.31 bits per heavy atom. The zero-order valence-electron chi connectivity index (χ0n) is 8.83. The summed E-state index contributed by atoms with van der Waals surface area (Å²) in [6.07, 6.45) is 2.18. The molecule has 0 saturated heterocycles. The Kier molecular flexibility index (Phi) is 1.74. The van der Waals surface area contributed by atoms with E-state index in [-0.39, 0.29) is 5.54 Å². The second-order valence-electron chi connectivity index (χ2n) is 4.89. The number of rotatable bonds is 0. The van der Waals surface area contributed by atoms with Crippen molar-refractivity contribution in [2.45, 2.75) is 39.4 Å². The molecule has 72 valence electrons. The molecule has 0 radical (unpaired) electrons. The van der Waals surface area contributed by atoms with E-state index in [2.05, 4.69) is 48.7 Å². The Hall–Kier alpha value is -0.830. The van der Waals surface area contributed by atoms with Crippen molar-refractivity contribution in [2.75, 3.05) is 7.05 Å². The van der Waals surface area contributed by atoms with Crippen LogP contribution in [0.5, 0.6) is 0 Å². The Bertz CT molecular complexity index is 296. The molecule has 0 unspecified atom stereocenters. The average Bonchev–Trinajstić information content (AvgIpc) is 2.40. The highest BCUT2D eigenvalue weighted by molar-refractivity contribution is 5.21. The van der Waals surface area contributed by atoms with E-state index in [1.807, 2.05) is 0 Å². The van der Waals surface area contributed by atoms with Crippen LogP contribution in [0.25, 0.3) is 0 Å². The van der Waals surface area contributed by atoms with Gasteiger partial charge in [0.25, 0.3) is 0 Å². The molecule has 0 aromatic carbocycles. The summed E-state index contributed by atoms with van der Waals surface area (Å²) in [4.78, 5) is 2.28. The van der Waals surface area contributed by atoms with Gasteiger partial charge in [0.05, 0.1) is 11.2 Å². The van der Waals surface area contributed by atoms with E-state index in [1.54, 1.807) is 0 Å². The van der Waals surface area contributed by atoms with Crippen LogP contribution in [0.1, 0.15) is 32.0 Å². The second-order valence-corrected chi connectivity index (χ2v) is 4.89. The molecule has 1 aliphatic heterocycles. The third-order valence-electron chi connectivity index (χ3n) is 2.42. The number of hydrogen-bond donors (Lipinski definition) is 0. The first-order valence-corrected chi connectivity index (χ1v) is 4.73. The van der Waals surface area contributed by atoms with Gasteiger partial charge in [0, 0.05) is 24.8 Å². The first-order valence-electron chi connectivity index (χ1n) is 4.73. The van der Waals surface area contributed by atoms with Crippen LogP contribution >= 0.6 is 0 Å². The molecule has 3 nitrogen and oxygen atoms in total. The SMILES string of the molecule is CN1Cc2cn(C(C)(C)C)nc2C1. The molecule has 0 fully saturated rings. The number of aromatic nitrogens is 2. The van der Waals surface area contributed by atoms with Crippen molar-refractivity contribution in [1.82, 2.24) is 14.7 Å². The van der Waals surface area contributed by atoms with Gasteiger partial charge in [-0.2, -0.15) is 5.10 Å². The lowest BCUT2D eigenvalue weighted by Crippen LogP contribution is -2.23. The molecule has 13 heavy (non-hydrogen) atoms. The van der Waals surface area contributed by atoms with Crippen LogP contribution in [0.15, 0.2) is 6.20 Å². The lowest BCUT2D eigenvalue weighted by Gasteiger charge is -2.19. The Labute approximate surface area is 79.3 Å². The monoisotopic (exact) mass is 179 g/mol. The van der Waals surface area contributed by atoms with E-state index in [0.717, 1.165) is 13.1 Å². The van der Waals surface area contributed by atoms with Crippen molar-refractivity contribution in [2.24, 2.45) is 0 Å². The number of fused-ring (bicyclic) bond motifs is 1. The first-order chi connectivity index (χ1) is 5.97. The highest BCUT2D eigenvalue weighted by atomic mass is 15.3. The summed E-state index contributed by atoms with van der Waals surface area (Å²) in [5.74, 6) is 0. The predicted octanol–water partition coefficient (Wildman–Crippen LogP) is 1.58. The summed E-state index contributed by atoms with van der Waals surface area (Å²) in [5.41, 5.74) is 2.75. The minimum absolute atomic E-state index is 0.114. The fourth-order valence-electron chi connectivity index (χ4n) is 1.66. The summed E-state index contributed by atoms with van der Waals surface area (Å²) < 4.78 is 2.07. The fraction of sp³-hybridized carbons (Fsp3) is 0.700. The van der Waals surface area contributed by atoms with Crippen LogP contribution in [0.2, 0.25) is 0 Å². The fourth-order valence-corrected chi connectivity index (χ4v) is 1.66. The van der Waals surface area contributed by atoms with Gasteiger partial charge in [-0.3, -0.25) is 9.58 Å². The molecule has 0 atom stereocenters. The molecule has 0 aliphatic carbocycles. The van der Waals surface area contributed by atoms with Crippen molar-refractivity contribution >= 4 is 0 Å². The minimum Gasteiger partial charge on any atom is -0.296 e. The van der Waals surface area contributed by atoms with Crippen LogP contribution in [-0.2, 0) is 18.6 Å². The van der Waals surface area contributed by atoms with Gasteiger partial charge in [0.1, 0.15) is 0 Å². The van der Waals surface area contributed by atoms with Crippen LogP contribution in [-0.4, -0.2) is 21.7 Å². The summed E-state index contributed by atoms with van der Waals surface area (Å²) in [6.45, 7) is 8.58. The Morgan fingerprint density at radius 3 is 2.54 bits per heavy atom. The summed E-state index contributed by atoms with van der Waals surface area (Å²) in [7, 11) is 2.13. The van der Waals surface area contributed by atoms with Gasteiger partial charge in [0.2, 0.25) is 0 Å². The standard InChI is InChI=1S/C10H17N3/c1-10(2,3)13-6-8-5-12(4)7-9(8)11-13/h6H,5,7H2,1-4H3. The van der Waals surface area contributed by atoms with Crippen molar-refractivity contribution in [1.29, 1.82) is 0 Å². The predicted molar refractivity (Wildman–Crippen MR) is 52.4 cm³/mol. The molecular formula is C10H17N3. The average molecular weight is 179 g/mol. The van der Waals surface area contributed by atoms with E-state index in [9.17, 15) is 0 Å². The third-order valence-corrected chi connectivity index (χ3v) is 2.42. The summed E-state index contributed by atoms with van der Waals surface area (Å²) in [5, 5.41) is 4.59. The maximum Gasteiger partial charge on any atom is 0.0809 e. The summed E-state index contributed by atoms with van der Waals surface area (Å²) in [6, 6.07) is 0. The van der Waals surface area contributed by atoms with Gasteiger partial charge in [-0.1, -0.05) is 0 Å². The van der Waals surface area contributed by atoms with E-state index in [0.29, 0.717) is 0 Å². The lowest BCUT2D eigenvalue weighted by molar-refractivity contribution is 0.320. The van der Waals surface area contributed by atoms with Gasteiger partial charge in [-0.15, -0.1) is 0 Å². The van der Waals surface area contributed by atoms with Gasteiger partial charge in [0.15, 0.2) is 0 Å². The Balaban J connectivity index is 2.32. The molecule has 0 spiro atoms. The zero-order valence-corrected chi connectivity index (χ0v) is 8.83. The molecule has 2 heterocycles. The molecule has 1 aromatic rings. The van der Waals surface area contributed by atoms with Gasteiger partial charge < -0.3 is 0 Å². The molecule has 1 aromatic heterocycles. The van der Waals surface area contributed by atoms with Crippen molar-refractivity contribution < 1.29 is 0 Å². The minimum atomic E-state index is 0.114. The highest BCUT2D eigenvalue weighted by Gasteiger charge is 2.23. The van der Waals surface area contributed by atoms with Crippen molar-refractivity contribution in [3.63, 3.8) is 0 Å². The van der Waals surface area contributed by atoms with Gasteiger partial charge in [-0.05, 0) is 27.8 Å². The normalized spacial score (nSPS) is 17.8. The lowest BCUT2D eigenvalue weighted by atomic mass is 10.1. The maximum absolute atomic E-state index is 4.59. The van der Waals surface area contributed by atoms with Crippen LogP contribution in [0.4, 0.5) is 0 Å². The van der Waals surface area contributed by atoms with E-state index in [1.165, 1.54) is 11.3 Å². The van der Waals surface area contributed by atoms with Crippen molar-refractivity contribution in [3.8, 4) is 0 Å². The van der Waals surface area contributed by atoms with Crippen LogP contribution < -0.4 is 0 Å². The molecule has 0 saturated carbocycles. The molecule has 0 N–H and O–H groups in total. The zero-order chi connectivity index (χ0) is 9.64.